The van der Waals surface area contributed by atoms with E-state index in [1.54, 1.807) is 0 Å². The van der Waals surface area contributed by atoms with E-state index in [2.05, 4.69) is 39.1 Å². The topological polar surface area (TPSA) is 21.3 Å². The fourth-order valence-corrected chi connectivity index (χ4v) is 5.62. The molecule has 0 radical (unpaired) electrons. The van der Waals surface area contributed by atoms with Crippen molar-refractivity contribution in [1.29, 1.82) is 0 Å². The average molecular weight is 308 g/mol. The van der Waals surface area contributed by atoms with E-state index in [0.29, 0.717) is 16.9 Å². The standard InChI is InChI=1S/C18H29NOS/c1-12-13(8-15(21-12)10-19-5)11-20-16-9-14-6-7-18(16,4)17(14,2)3/h8,14,16,19H,6-7,9-11H2,1-5H3. The number of aryl methyl sites for hydroxylation is 1. The van der Waals surface area contributed by atoms with Crippen molar-refractivity contribution in [3.05, 3.63) is 21.4 Å². The van der Waals surface area contributed by atoms with Gasteiger partial charge in [-0.25, -0.2) is 0 Å². The van der Waals surface area contributed by atoms with Crippen LogP contribution in [0.3, 0.4) is 0 Å². The van der Waals surface area contributed by atoms with Crippen molar-refractivity contribution in [2.75, 3.05) is 7.05 Å². The summed E-state index contributed by atoms with van der Waals surface area (Å²) in [5.74, 6) is 0.857. The number of thiophene rings is 1. The summed E-state index contributed by atoms with van der Waals surface area (Å²) >= 11 is 1.89. The van der Waals surface area contributed by atoms with Crippen LogP contribution < -0.4 is 5.32 Å². The van der Waals surface area contributed by atoms with E-state index in [-0.39, 0.29) is 0 Å². The number of nitrogens with one attached hydrogen (secondary N) is 1. The highest BCUT2D eigenvalue weighted by atomic mass is 32.1. The first-order valence-electron chi connectivity index (χ1n) is 8.23. The maximum absolute atomic E-state index is 6.42. The molecule has 21 heavy (non-hydrogen) atoms. The van der Waals surface area contributed by atoms with Gasteiger partial charge < -0.3 is 10.1 Å². The molecular formula is C18H29NOS. The number of hydrogen-bond acceptors (Lipinski definition) is 3. The molecule has 2 saturated carbocycles. The lowest BCUT2D eigenvalue weighted by Gasteiger charge is -2.38. The molecule has 118 valence electrons. The zero-order valence-electron chi connectivity index (χ0n) is 14.1. The molecule has 2 aliphatic carbocycles. The molecule has 2 aliphatic rings. The molecule has 2 fully saturated rings. The summed E-state index contributed by atoms with van der Waals surface area (Å²) in [5, 5.41) is 3.23. The zero-order chi connectivity index (χ0) is 15.3. The molecule has 3 atom stereocenters. The van der Waals surface area contributed by atoms with Crippen molar-refractivity contribution in [3.8, 4) is 0 Å². The van der Waals surface area contributed by atoms with E-state index in [1.165, 1.54) is 34.6 Å². The van der Waals surface area contributed by atoms with Crippen LogP contribution in [-0.2, 0) is 17.9 Å². The van der Waals surface area contributed by atoms with Crippen molar-refractivity contribution in [2.24, 2.45) is 16.7 Å². The van der Waals surface area contributed by atoms with E-state index in [9.17, 15) is 0 Å². The Hall–Kier alpha value is -0.380. The summed E-state index contributed by atoms with van der Waals surface area (Å²) in [7, 11) is 2.00. The molecular weight excluding hydrogens is 278 g/mol. The van der Waals surface area contributed by atoms with Crippen molar-refractivity contribution in [2.45, 2.75) is 66.2 Å². The van der Waals surface area contributed by atoms with Crippen LogP contribution in [0.25, 0.3) is 0 Å². The maximum atomic E-state index is 6.42. The van der Waals surface area contributed by atoms with Crippen molar-refractivity contribution < 1.29 is 4.74 Å². The molecule has 0 amide bonds. The van der Waals surface area contributed by atoms with Crippen molar-refractivity contribution in [1.82, 2.24) is 5.32 Å². The number of ether oxygens (including phenoxy) is 1. The number of rotatable bonds is 5. The van der Waals surface area contributed by atoms with Gasteiger partial charge in [-0.3, -0.25) is 0 Å². The fourth-order valence-electron chi connectivity index (χ4n) is 4.56. The highest BCUT2D eigenvalue weighted by Crippen LogP contribution is 2.66. The second kappa shape index (κ2) is 5.36. The van der Waals surface area contributed by atoms with E-state index >= 15 is 0 Å². The van der Waals surface area contributed by atoms with Crippen LogP contribution >= 0.6 is 11.3 Å². The molecule has 1 aromatic rings. The first kappa shape index (κ1) is 15.5. The van der Waals surface area contributed by atoms with Crippen molar-refractivity contribution >= 4 is 11.3 Å². The normalized spacial score (nSPS) is 33.8. The molecule has 2 bridgehead atoms. The van der Waals surface area contributed by atoms with Crippen LogP contribution in [0.4, 0.5) is 0 Å². The Morgan fingerprint density at radius 2 is 2.14 bits per heavy atom. The van der Waals surface area contributed by atoms with E-state index in [4.69, 9.17) is 4.74 Å². The Labute approximate surface area is 133 Å². The quantitative estimate of drug-likeness (QED) is 0.864. The largest absolute Gasteiger partial charge is 0.373 e. The van der Waals surface area contributed by atoms with Gasteiger partial charge in [0.1, 0.15) is 0 Å². The molecule has 3 rings (SSSR count). The minimum Gasteiger partial charge on any atom is -0.373 e. The third-order valence-electron chi connectivity index (χ3n) is 6.58. The van der Waals surface area contributed by atoms with Crippen LogP contribution in [0.5, 0.6) is 0 Å². The fraction of sp³-hybridized carbons (Fsp3) is 0.778. The van der Waals surface area contributed by atoms with E-state index in [0.717, 1.165) is 19.1 Å². The Balaban J connectivity index is 1.67. The molecule has 2 nitrogen and oxygen atoms in total. The summed E-state index contributed by atoms with van der Waals surface area (Å²) in [4.78, 5) is 2.82. The Morgan fingerprint density at radius 1 is 1.38 bits per heavy atom. The Kier molecular flexibility index (Phi) is 3.96. The van der Waals surface area contributed by atoms with Crippen LogP contribution in [0.2, 0.25) is 0 Å². The highest BCUT2D eigenvalue weighted by molar-refractivity contribution is 7.12. The van der Waals surface area contributed by atoms with Gasteiger partial charge in [0, 0.05) is 16.3 Å². The van der Waals surface area contributed by atoms with Gasteiger partial charge >= 0.3 is 0 Å². The predicted octanol–water partition coefficient (Wildman–Crippen LogP) is 4.51. The monoisotopic (exact) mass is 307 g/mol. The van der Waals surface area contributed by atoms with E-state index < -0.39 is 0 Å². The zero-order valence-corrected chi connectivity index (χ0v) is 14.9. The lowest BCUT2D eigenvalue weighted by molar-refractivity contribution is -0.0550. The molecule has 0 spiro atoms. The van der Waals surface area contributed by atoms with Gasteiger partial charge in [0.25, 0.3) is 0 Å². The summed E-state index contributed by atoms with van der Waals surface area (Å²) < 4.78 is 6.42. The molecule has 0 aromatic carbocycles. The highest BCUT2D eigenvalue weighted by Gasteiger charge is 2.61. The Morgan fingerprint density at radius 3 is 2.71 bits per heavy atom. The maximum Gasteiger partial charge on any atom is 0.0731 e. The SMILES string of the molecule is CNCc1cc(COC2CC3CCC2(C)C3(C)C)c(C)s1. The van der Waals surface area contributed by atoms with Gasteiger partial charge in [-0.15, -0.1) is 11.3 Å². The summed E-state index contributed by atoms with van der Waals surface area (Å²) in [6.45, 7) is 11.3. The molecule has 1 N–H and O–H groups in total. The number of hydrogen-bond donors (Lipinski definition) is 1. The summed E-state index contributed by atoms with van der Waals surface area (Å²) in [6.07, 6.45) is 4.44. The smallest absolute Gasteiger partial charge is 0.0731 e. The van der Waals surface area contributed by atoms with Gasteiger partial charge in [-0.2, -0.15) is 0 Å². The van der Waals surface area contributed by atoms with Gasteiger partial charge in [0.2, 0.25) is 0 Å². The van der Waals surface area contributed by atoms with Gasteiger partial charge in [-0.1, -0.05) is 20.8 Å². The molecule has 1 aromatic heterocycles. The van der Waals surface area contributed by atoms with E-state index in [1.807, 2.05) is 18.4 Å². The second-order valence-corrected chi connectivity index (χ2v) is 9.08. The lowest BCUT2D eigenvalue weighted by Crippen LogP contribution is -2.37. The predicted molar refractivity (Wildman–Crippen MR) is 89.6 cm³/mol. The van der Waals surface area contributed by atoms with Crippen LogP contribution in [-0.4, -0.2) is 13.2 Å². The van der Waals surface area contributed by atoms with Gasteiger partial charge in [-0.05, 0) is 61.6 Å². The van der Waals surface area contributed by atoms with Crippen molar-refractivity contribution in [3.63, 3.8) is 0 Å². The first-order valence-corrected chi connectivity index (χ1v) is 9.04. The summed E-state index contributed by atoms with van der Waals surface area (Å²) in [6, 6.07) is 2.32. The summed E-state index contributed by atoms with van der Waals surface area (Å²) in [5.41, 5.74) is 2.20. The first-order chi connectivity index (χ1) is 9.88. The van der Waals surface area contributed by atoms with Gasteiger partial charge in [0.15, 0.2) is 0 Å². The Bertz CT molecular complexity index is 521. The lowest BCUT2D eigenvalue weighted by atomic mass is 9.70. The molecule has 0 aliphatic heterocycles. The van der Waals surface area contributed by atoms with Crippen LogP contribution in [0.15, 0.2) is 6.07 Å². The third kappa shape index (κ3) is 2.38. The second-order valence-electron chi connectivity index (χ2n) is 7.73. The average Bonchev–Trinajstić information content (AvgIpc) is 2.94. The minimum atomic E-state index is 0.370. The minimum absolute atomic E-state index is 0.370. The molecule has 1 heterocycles. The third-order valence-corrected chi connectivity index (χ3v) is 7.67. The number of fused-ring (bicyclic) bond motifs is 2. The van der Waals surface area contributed by atoms with Crippen LogP contribution in [0, 0.1) is 23.7 Å². The van der Waals surface area contributed by atoms with Gasteiger partial charge in [0.05, 0.1) is 12.7 Å². The molecule has 3 heteroatoms. The molecule has 3 unspecified atom stereocenters. The van der Waals surface area contributed by atoms with Crippen LogP contribution in [0.1, 0.15) is 55.4 Å². The molecule has 0 saturated heterocycles.